The van der Waals surface area contributed by atoms with Gasteiger partial charge in [-0.2, -0.15) is 10.4 Å². The molecule has 1 rings (SSSR count). The third-order valence-corrected chi connectivity index (χ3v) is 1.55. The number of benzene rings is 1. The average molecular weight is 185 g/mol. The minimum Gasteiger partial charge on any atom is -0.275 e. The molecule has 0 aliphatic heterocycles. The Morgan fingerprint density at radius 2 is 2.07 bits per heavy atom. The molecule has 0 saturated heterocycles. The molecule has 0 spiro atoms. The maximum Gasteiger partial charge on any atom is 0.0928 e. The van der Waals surface area contributed by atoms with Crippen LogP contribution in [0.1, 0.15) is 5.56 Å². The quantitative estimate of drug-likeness (QED) is 0.410. The Bertz CT molecular complexity index is 360. The van der Waals surface area contributed by atoms with Crippen LogP contribution >= 0.6 is 0 Å². The third kappa shape index (κ3) is 3.55. The monoisotopic (exact) mass is 185 g/mol. The molecule has 1 aromatic rings. The first-order valence-corrected chi connectivity index (χ1v) is 4.21. The molecule has 0 bridgehead atoms. The Hall–Kier alpha value is -2.08. The van der Waals surface area contributed by atoms with Gasteiger partial charge in [0, 0.05) is 19.3 Å². The molecule has 0 radical (unpaired) electrons. The fourth-order valence-electron chi connectivity index (χ4n) is 0.877. The van der Waals surface area contributed by atoms with Crippen LogP contribution in [0.3, 0.4) is 0 Å². The molecular formula is C11H11N3. The first-order valence-electron chi connectivity index (χ1n) is 4.21. The maximum atomic E-state index is 8.29. The van der Waals surface area contributed by atoms with E-state index in [0.29, 0.717) is 0 Å². The van der Waals surface area contributed by atoms with Gasteiger partial charge in [-0.1, -0.05) is 30.3 Å². The zero-order chi connectivity index (χ0) is 10.2. The van der Waals surface area contributed by atoms with Crippen LogP contribution in [0.4, 0.5) is 0 Å². The second kappa shape index (κ2) is 5.55. The van der Waals surface area contributed by atoms with E-state index >= 15 is 0 Å². The zero-order valence-corrected chi connectivity index (χ0v) is 7.96. The second-order valence-electron chi connectivity index (χ2n) is 2.67. The molecule has 14 heavy (non-hydrogen) atoms. The van der Waals surface area contributed by atoms with Crippen molar-refractivity contribution in [3.8, 4) is 6.07 Å². The Morgan fingerprint density at radius 1 is 1.36 bits per heavy atom. The van der Waals surface area contributed by atoms with Crippen LogP contribution in [0.2, 0.25) is 0 Å². The molecule has 0 unspecified atom stereocenters. The molecule has 0 amide bonds. The first-order chi connectivity index (χ1) is 6.83. The molecule has 0 atom stereocenters. The largest absolute Gasteiger partial charge is 0.275 e. The number of hydrazone groups is 1. The van der Waals surface area contributed by atoms with Gasteiger partial charge in [0.25, 0.3) is 0 Å². The van der Waals surface area contributed by atoms with Gasteiger partial charge in [0.2, 0.25) is 0 Å². The van der Waals surface area contributed by atoms with Crippen LogP contribution in [0.15, 0.2) is 47.7 Å². The van der Waals surface area contributed by atoms with E-state index in [1.54, 1.807) is 24.5 Å². The Kier molecular flexibility index (Phi) is 3.96. The van der Waals surface area contributed by atoms with Crippen LogP contribution in [-0.4, -0.2) is 18.3 Å². The van der Waals surface area contributed by atoms with E-state index in [4.69, 9.17) is 5.26 Å². The van der Waals surface area contributed by atoms with E-state index in [0.717, 1.165) is 5.56 Å². The summed E-state index contributed by atoms with van der Waals surface area (Å²) in [6.45, 7) is 0. The van der Waals surface area contributed by atoms with Crippen molar-refractivity contribution in [1.29, 1.82) is 5.26 Å². The van der Waals surface area contributed by atoms with Gasteiger partial charge >= 0.3 is 0 Å². The molecule has 0 heterocycles. The number of nitriles is 1. The van der Waals surface area contributed by atoms with Crippen LogP contribution < -0.4 is 0 Å². The summed E-state index contributed by atoms with van der Waals surface area (Å²) in [6.07, 6.45) is 4.71. The van der Waals surface area contributed by atoms with Crippen LogP contribution in [0.25, 0.3) is 0 Å². The summed E-state index contributed by atoms with van der Waals surface area (Å²) in [4.78, 5) is 0. The van der Waals surface area contributed by atoms with Gasteiger partial charge in [-0.25, -0.2) is 0 Å². The van der Waals surface area contributed by atoms with Gasteiger partial charge < -0.3 is 0 Å². The topological polar surface area (TPSA) is 39.4 Å². The Balaban J connectivity index is 2.57. The van der Waals surface area contributed by atoms with Crippen LogP contribution in [0, 0.1) is 11.3 Å². The average Bonchev–Trinajstić information content (AvgIpc) is 2.25. The summed E-state index contributed by atoms with van der Waals surface area (Å²) < 4.78 is 0. The van der Waals surface area contributed by atoms with E-state index < -0.39 is 0 Å². The number of hydrogen-bond donors (Lipinski definition) is 0. The van der Waals surface area contributed by atoms with Crippen molar-refractivity contribution in [2.75, 3.05) is 7.05 Å². The fourth-order valence-corrected chi connectivity index (χ4v) is 0.877. The highest BCUT2D eigenvalue weighted by Crippen LogP contribution is 1.95. The van der Waals surface area contributed by atoms with E-state index in [-0.39, 0.29) is 0 Å². The van der Waals surface area contributed by atoms with Gasteiger partial charge in [0.05, 0.1) is 12.3 Å². The molecule has 0 aromatic heterocycles. The molecule has 0 fully saturated rings. The highest BCUT2D eigenvalue weighted by Gasteiger charge is 1.85. The van der Waals surface area contributed by atoms with Crippen molar-refractivity contribution < 1.29 is 0 Å². The summed E-state index contributed by atoms with van der Waals surface area (Å²) in [5, 5.41) is 14.0. The fraction of sp³-hybridized carbons (Fsp3) is 0.0909. The summed E-state index contributed by atoms with van der Waals surface area (Å²) in [5.74, 6) is 0. The van der Waals surface area contributed by atoms with E-state index in [1.807, 2.05) is 36.4 Å². The number of nitrogens with zero attached hydrogens (tertiary/aromatic N) is 3. The minimum absolute atomic E-state index is 1.03. The van der Waals surface area contributed by atoms with E-state index in [1.165, 1.54) is 6.08 Å². The first kappa shape index (κ1) is 10.0. The minimum atomic E-state index is 1.03. The van der Waals surface area contributed by atoms with Gasteiger partial charge in [0.1, 0.15) is 0 Å². The van der Waals surface area contributed by atoms with E-state index in [9.17, 15) is 0 Å². The van der Waals surface area contributed by atoms with Crippen molar-refractivity contribution >= 4 is 6.21 Å². The second-order valence-corrected chi connectivity index (χ2v) is 2.67. The number of rotatable bonds is 3. The van der Waals surface area contributed by atoms with Gasteiger partial charge in [-0.3, -0.25) is 5.01 Å². The van der Waals surface area contributed by atoms with Crippen molar-refractivity contribution in [3.05, 3.63) is 48.2 Å². The predicted octanol–water partition coefficient (Wildman–Crippen LogP) is 1.99. The molecular weight excluding hydrogens is 174 g/mol. The summed E-state index contributed by atoms with van der Waals surface area (Å²) >= 11 is 0. The molecule has 0 aliphatic carbocycles. The molecule has 0 aliphatic rings. The van der Waals surface area contributed by atoms with Gasteiger partial charge in [0.15, 0.2) is 0 Å². The van der Waals surface area contributed by atoms with Gasteiger partial charge in [-0.15, -0.1) is 0 Å². The molecule has 1 aromatic carbocycles. The maximum absolute atomic E-state index is 8.29. The van der Waals surface area contributed by atoms with Crippen molar-refractivity contribution in [1.82, 2.24) is 5.01 Å². The molecule has 3 heteroatoms. The van der Waals surface area contributed by atoms with Crippen LogP contribution in [-0.2, 0) is 0 Å². The highest BCUT2D eigenvalue weighted by atomic mass is 15.4. The predicted molar refractivity (Wildman–Crippen MR) is 56.6 cm³/mol. The lowest BCUT2D eigenvalue weighted by molar-refractivity contribution is 0.493. The zero-order valence-electron chi connectivity index (χ0n) is 7.96. The Labute approximate surface area is 83.6 Å². The van der Waals surface area contributed by atoms with E-state index in [2.05, 4.69) is 5.10 Å². The van der Waals surface area contributed by atoms with Crippen molar-refractivity contribution in [2.24, 2.45) is 5.10 Å². The van der Waals surface area contributed by atoms with Gasteiger partial charge in [-0.05, 0) is 5.56 Å². The molecule has 0 N–H and O–H groups in total. The summed E-state index contributed by atoms with van der Waals surface area (Å²) in [7, 11) is 1.77. The molecule has 70 valence electrons. The van der Waals surface area contributed by atoms with Crippen molar-refractivity contribution in [2.45, 2.75) is 0 Å². The van der Waals surface area contributed by atoms with Crippen molar-refractivity contribution in [3.63, 3.8) is 0 Å². The van der Waals surface area contributed by atoms with Crippen LogP contribution in [0.5, 0.6) is 0 Å². The number of hydrogen-bond acceptors (Lipinski definition) is 3. The third-order valence-electron chi connectivity index (χ3n) is 1.55. The normalized spacial score (nSPS) is 10.6. The standard InChI is InChI=1S/C11H11N3/c1-14(9-5-8-12)13-10-11-6-3-2-4-7-11/h2-7,9-10H,1H3. The smallest absolute Gasteiger partial charge is 0.0928 e. The molecule has 3 nitrogen and oxygen atoms in total. The number of allylic oxidation sites excluding steroid dienone is 1. The highest BCUT2D eigenvalue weighted by molar-refractivity contribution is 5.79. The SMILES string of the molecule is CN(C=CC#N)N=Cc1ccccc1. The summed E-state index contributed by atoms with van der Waals surface area (Å²) in [6, 6.07) is 11.7. The lowest BCUT2D eigenvalue weighted by atomic mass is 10.2. The lowest BCUT2D eigenvalue weighted by Gasteiger charge is -2.03. The Morgan fingerprint density at radius 3 is 2.71 bits per heavy atom. The summed E-state index contributed by atoms with van der Waals surface area (Å²) in [5.41, 5.74) is 1.03. The molecule has 0 saturated carbocycles. The lowest BCUT2D eigenvalue weighted by Crippen LogP contribution is -2.00.